The quantitative estimate of drug-likeness (QED) is 0.651. The fourth-order valence-electron chi connectivity index (χ4n) is 1.83. The SMILES string of the molecule is CCCC(C(=O)CC(C)(C)C)C(C)C. The van der Waals surface area contributed by atoms with Crippen LogP contribution in [0, 0.1) is 17.3 Å². The van der Waals surface area contributed by atoms with E-state index in [1.54, 1.807) is 0 Å². The molecule has 0 aromatic heterocycles. The zero-order valence-electron chi connectivity index (χ0n) is 10.7. The minimum atomic E-state index is 0.137. The molecular formula is C13H26O. The van der Waals surface area contributed by atoms with Crippen LogP contribution in [0.25, 0.3) is 0 Å². The number of hydrogen-bond donors (Lipinski definition) is 0. The normalized spacial score (nSPS) is 14.5. The molecule has 1 unspecified atom stereocenters. The van der Waals surface area contributed by atoms with Gasteiger partial charge in [-0.2, -0.15) is 0 Å². The van der Waals surface area contributed by atoms with E-state index in [4.69, 9.17) is 0 Å². The lowest BCUT2D eigenvalue weighted by molar-refractivity contribution is -0.126. The molecule has 0 aliphatic heterocycles. The van der Waals surface area contributed by atoms with Gasteiger partial charge in [0.25, 0.3) is 0 Å². The third kappa shape index (κ3) is 5.41. The highest BCUT2D eigenvalue weighted by molar-refractivity contribution is 5.81. The van der Waals surface area contributed by atoms with Crippen LogP contribution < -0.4 is 0 Å². The van der Waals surface area contributed by atoms with Crippen LogP contribution in [0.2, 0.25) is 0 Å². The molecule has 0 aromatic carbocycles. The van der Waals surface area contributed by atoms with Crippen molar-refractivity contribution in [1.82, 2.24) is 0 Å². The maximum atomic E-state index is 12.0. The van der Waals surface area contributed by atoms with Crippen molar-refractivity contribution in [2.75, 3.05) is 0 Å². The second-order valence-electron chi connectivity index (χ2n) is 5.84. The van der Waals surface area contributed by atoms with Crippen molar-refractivity contribution >= 4 is 5.78 Å². The topological polar surface area (TPSA) is 17.1 Å². The van der Waals surface area contributed by atoms with Crippen LogP contribution in [-0.2, 0) is 4.79 Å². The van der Waals surface area contributed by atoms with Crippen LogP contribution in [-0.4, -0.2) is 5.78 Å². The third-order valence-corrected chi connectivity index (χ3v) is 2.52. The van der Waals surface area contributed by atoms with E-state index in [9.17, 15) is 4.79 Å². The second-order valence-corrected chi connectivity index (χ2v) is 5.84. The predicted molar refractivity (Wildman–Crippen MR) is 62.3 cm³/mol. The molecule has 84 valence electrons. The third-order valence-electron chi connectivity index (χ3n) is 2.52. The van der Waals surface area contributed by atoms with E-state index in [1.165, 1.54) is 0 Å². The van der Waals surface area contributed by atoms with Crippen LogP contribution in [0.4, 0.5) is 0 Å². The molecule has 1 atom stereocenters. The van der Waals surface area contributed by atoms with E-state index < -0.39 is 0 Å². The highest BCUT2D eigenvalue weighted by atomic mass is 16.1. The molecule has 0 aliphatic carbocycles. The summed E-state index contributed by atoms with van der Waals surface area (Å²) < 4.78 is 0. The number of carbonyl (C=O) groups excluding carboxylic acids is 1. The van der Waals surface area contributed by atoms with Crippen molar-refractivity contribution in [3.05, 3.63) is 0 Å². The Balaban J connectivity index is 4.30. The first-order chi connectivity index (χ1) is 6.28. The van der Waals surface area contributed by atoms with Crippen LogP contribution in [0.3, 0.4) is 0 Å². The monoisotopic (exact) mass is 198 g/mol. The predicted octanol–water partition coefficient (Wildman–Crippen LogP) is 4.06. The summed E-state index contributed by atoms with van der Waals surface area (Å²) in [5.74, 6) is 1.22. The zero-order valence-corrected chi connectivity index (χ0v) is 10.7. The Hall–Kier alpha value is -0.330. The van der Waals surface area contributed by atoms with Crippen LogP contribution >= 0.6 is 0 Å². The van der Waals surface area contributed by atoms with Crippen molar-refractivity contribution in [2.24, 2.45) is 17.3 Å². The summed E-state index contributed by atoms with van der Waals surface area (Å²) in [4.78, 5) is 12.0. The van der Waals surface area contributed by atoms with Gasteiger partial charge in [0.05, 0.1) is 0 Å². The summed E-state index contributed by atoms with van der Waals surface area (Å²) in [6, 6.07) is 0. The molecule has 1 nitrogen and oxygen atoms in total. The van der Waals surface area contributed by atoms with Gasteiger partial charge in [0.1, 0.15) is 5.78 Å². The van der Waals surface area contributed by atoms with E-state index >= 15 is 0 Å². The van der Waals surface area contributed by atoms with Gasteiger partial charge in [-0.05, 0) is 17.8 Å². The van der Waals surface area contributed by atoms with Crippen molar-refractivity contribution < 1.29 is 4.79 Å². The van der Waals surface area contributed by atoms with Crippen molar-refractivity contribution in [2.45, 2.75) is 60.8 Å². The lowest BCUT2D eigenvalue weighted by atomic mass is 9.80. The molecule has 0 amide bonds. The molecule has 0 saturated heterocycles. The Kier molecular flexibility index (Phi) is 5.40. The Morgan fingerprint density at radius 2 is 1.71 bits per heavy atom. The van der Waals surface area contributed by atoms with Gasteiger partial charge in [-0.15, -0.1) is 0 Å². The minimum absolute atomic E-state index is 0.137. The highest BCUT2D eigenvalue weighted by Crippen LogP contribution is 2.26. The van der Waals surface area contributed by atoms with E-state index in [2.05, 4.69) is 41.5 Å². The average Bonchev–Trinajstić information content (AvgIpc) is 1.95. The molecular weight excluding hydrogens is 172 g/mol. The number of rotatable bonds is 5. The van der Waals surface area contributed by atoms with Crippen LogP contribution in [0.1, 0.15) is 60.8 Å². The van der Waals surface area contributed by atoms with Gasteiger partial charge in [-0.1, -0.05) is 48.0 Å². The van der Waals surface area contributed by atoms with E-state index in [0.29, 0.717) is 11.7 Å². The first kappa shape index (κ1) is 13.7. The summed E-state index contributed by atoms with van der Waals surface area (Å²) in [5.41, 5.74) is 0.137. The molecule has 0 heterocycles. The van der Waals surface area contributed by atoms with Gasteiger partial charge in [0, 0.05) is 12.3 Å². The molecule has 0 saturated carbocycles. The average molecular weight is 198 g/mol. The minimum Gasteiger partial charge on any atom is -0.299 e. The number of ketones is 1. The zero-order chi connectivity index (χ0) is 11.4. The Morgan fingerprint density at radius 1 is 1.21 bits per heavy atom. The summed E-state index contributed by atoms with van der Waals surface area (Å²) in [5, 5.41) is 0. The molecule has 0 spiro atoms. The van der Waals surface area contributed by atoms with Crippen LogP contribution in [0.15, 0.2) is 0 Å². The van der Waals surface area contributed by atoms with E-state index in [1.807, 2.05) is 0 Å². The van der Waals surface area contributed by atoms with Gasteiger partial charge >= 0.3 is 0 Å². The van der Waals surface area contributed by atoms with E-state index in [-0.39, 0.29) is 11.3 Å². The Labute approximate surface area is 89.3 Å². The maximum absolute atomic E-state index is 12.0. The molecule has 0 rings (SSSR count). The number of Topliss-reactive ketones (excluding diaryl/α,β-unsaturated/α-hetero) is 1. The van der Waals surface area contributed by atoms with Gasteiger partial charge in [0.2, 0.25) is 0 Å². The Bertz CT molecular complexity index is 174. The molecule has 14 heavy (non-hydrogen) atoms. The second kappa shape index (κ2) is 5.53. The Morgan fingerprint density at radius 3 is 2.00 bits per heavy atom. The molecule has 0 bridgehead atoms. The van der Waals surface area contributed by atoms with Gasteiger partial charge in [-0.25, -0.2) is 0 Å². The first-order valence-corrected chi connectivity index (χ1v) is 5.80. The van der Waals surface area contributed by atoms with Crippen molar-refractivity contribution in [1.29, 1.82) is 0 Å². The largest absolute Gasteiger partial charge is 0.299 e. The molecule has 0 radical (unpaired) electrons. The summed E-state index contributed by atoms with van der Waals surface area (Å²) >= 11 is 0. The first-order valence-electron chi connectivity index (χ1n) is 5.80. The fourth-order valence-corrected chi connectivity index (χ4v) is 1.83. The van der Waals surface area contributed by atoms with E-state index in [0.717, 1.165) is 19.3 Å². The fraction of sp³-hybridized carbons (Fsp3) is 0.923. The lowest BCUT2D eigenvalue weighted by Gasteiger charge is -2.24. The standard InChI is InChI=1S/C13H26O/c1-7-8-11(10(2)3)12(14)9-13(4,5)6/h10-11H,7-9H2,1-6H3. The molecule has 0 N–H and O–H groups in total. The smallest absolute Gasteiger partial charge is 0.136 e. The number of hydrogen-bond acceptors (Lipinski definition) is 1. The molecule has 1 heteroatoms. The lowest BCUT2D eigenvalue weighted by Crippen LogP contribution is -2.24. The van der Waals surface area contributed by atoms with Crippen LogP contribution in [0.5, 0.6) is 0 Å². The maximum Gasteiger partial charge on any atom is 0.136 e. The van der Waals surface area contributed by atoms with Crippen molar-refractivity contribution in [3.8, 4) is 0 Å². The summed E-state index contributed by atoms with van der Waals surface area (Å²) in [6.07, 6.45) is 2.88. The van der Waals surface area contributed by atoms with Gasteiger partial charge < -0.3 is 0 Å². The highest BCUT2D eigenvalue weighted by Gasteiger charge is 2.25. The van der Waals surface area contributed by atoms with Crippen molar-refractivity contribution in [3.63, 3.8) is 0 Å². The molecule has 0 aromatic rings. The van der Waals surface area contributed by atoms with Gasteiger partial charge in [-0.3, -0.25) is 4.79 Å². The molecule has 0 fully saturated rings. The summed E-state index contributed by atoms with van der Waals surface area (Å²) in [7, 11) is 0. The summed E-state index contributed by atoms with van der Waals surface area (Å²) in [6.45, 7) is 12.9. The number of carbonyl (C=O) groups is 1. The van der Waals surface area contributed by atoms with Gasteiger partial charge in [0.15, 0.2) is 0 Å². The molecule has 0 aliphatic rings.